The molecule has 3 aromatic rings. The minimum absolute atomic E-state index is 0.104. The summed E-state index contributed by atoms with van der Waals surface area (Å²) in [4.78, 5) is 15.4. The largest absolute Gasteiger partial charge is 0.361 e. The maximum absolute atomic E-state index is 12.2. The number of nitrogens with one attached hydrogen (secondary N) is 2. The van der Waals surface area contributed by atoms with Crippen LogP contribution in [0.4, 0.5) is 0 Å². The van der Waals surface area contributed by atoms with Gasteiger partial charge in [0, 0.05) is 29.2 Å². The minimum atomic E-state index is -0.348. The van der Waals surface area contributed by atoms with Crippen molar-refractivity contribution in [3.63, 3.8) is 0 Å². The van der Waals surface area contributed by atoms with Crippen molar-refractivity contribution < 1.29 is 4.79 Å². The van der Waals surface area contributed by atoms with Crippen LogP contribution in [0.2, 0.25) is 0 Å². The first-order valence-electron chi connectivity index (χ1n) is 7.78. The van der Waals surface area contributed by atoms with Gasteiger partial charge in [-0.1, -0.05) is 48.5 Å². The van der Waals surface area contributed by atoms with Crippen LogP contribution in [-0.2, 0) is 11.2 Å². The molecule has 0 aliphatic carbocycles. The van der Waals surface area contributed by atoms with E-state index < -0.39 is 0 Å². The van der Waals surface area contributed by atoms with Crippen LogP contribution in [0.3, 0.4) is 0 Å². The van der Waals surface area contributed by atoms with Gasteiger partial charge in [-0.05, 0) is 24.1 Å². The van der Waals surface area contributed by atoms with Crippen molar-refractivity contribution in [2.45, 2.75) is 6.42 Å². The van der Waals surface area contributed by atoms with Crippen LogP contribution in [0.25, 0.3) is 17.0 Å². The molecule has 118 valence electrons. The third-order valence-corrected chi connectivity index (χ3v) is 3.83. The van der Waals surface area contributed by atoms with E-state index >= 15 is 0 Å². The summed E-state index contributed by atoms with van der Waals surface area (Å²) in [6.45, 7) is 0.496. The monoisotopic (exact) mass is 315 g/mol. The Morgan fingerprint density at radius 2 is 1.88 bits per heavy atom. The average Bonchev–Trinajstić information content (AvgIpc) is 3.03. The number of para-hydroxylation sites is 1. The number of hydrogen-bond donors (Lipinski definition) is 2. The zero-order valence-corrected chi connectivity index (χ0v) is 13.1. The molecule has 0 fully saturated rings. The Morgan fingerprint density at radius 1 is 1.12 bits per heavy atom. The fraction of sp³-hybridized carbons (Fsp3) is 0.100. The molecule has 0 saturated carbocycles. The van der Waals surface area contributed by atoms with Gasteiger partial charge in [-0.25, -0.2) is 0 Å². The SMILES string of the molecule is N#C/C(=C\c1c[nH]c2ccccc12)C(=O)NCCc1ccccc1. The summed E-state index contributed by atoms with van der Waals surface area (Å²) in [6, 6.07) is 19.7. The van der Waals surface area contributed by atoms with Crippen molar-refractivity contribution in [3.8, 4) is 6.07 Å². The lowest BCUT2D eigenvalue weighted by Gasteiger charge is -2.04. The summed E-state index contributed by atoms with van der Waals surface area (Å²) in [5, 5.41) is 13.1. The third-order valence-electron chi connectivity index (χ3n) is 3.83. The Bertz CT molecular complexity index is 917. The maximum Gasteiger partial charge on any atom is 0.261 e. The van der Waals surface area contributed by atoms with Gasteiger partial charge in [0.2, 0.25) is 0 Å². The summed E-state index contributed by atoms with van der Waals surface area (Å²) < 4.78 is 0. The van der Waals surface area contributed by atoms with Gasteiger partial charge < -0.3 is 10.3 Å². The summed E-state index contributed by atoms with van der Waals surface area (Å²) in [5.41, 5.74) is 3.07. The first-order valence-corrected chi connectivity index (χ1v) is 7.78. The summed E-state index contributed by atoms with van der Waals surface area (Å²) in [5.74, 6) is -0.348. The van der Waals surface area contributed by atoms with Crippen molar-refractivity contribution in [1.29, 1.82) is 5.26 Å². The molecule has 1 amide bonds. The highest BCUT2D eigenvalue weighted by atomic mass is 16.1. The van der Waals surface area contributed by atoms with Gasteiger partial charge in [0.05, 0.1) is 0 Å². The number of nitrogens with zero attached hydrogens (tertiary/aromatic N) is 1. The number of aromatic nitrogens is 1. The minimum Gasteiger partial charge on any atom is -0.361 e. The molecule has 0 aliphatic rings. The number of carbonyl (C=O) groups excluding carboxylic acids is 1. The van der Waals surface area contributed by atoms with Gasteiger partial charge in [0.1, 0.15) is 11.6 Å². The zero-order valence-electron chi connectivity index (χ0n) is 13.1. The second-order valence-corrected chi connectivity index (χ2v) is 5.45. The molecule has 0 radical (unpaired) electrons. The lowest BCUT2D eigenvalue weighted by molar-refractivity contribution is -0.117. The van der Waals surface area contributed by atoms with Gasteiger partial charge in [-0.15, -0.1) is 0 Å². The predicted molar refractivity (Wildman–Crippen MR) is 95.0 cm³/mol. The van der Waals surface area contributed by atoms with Crippen LogP contribution in [0, 0.1) is 11.3 Å². The van der Waals surface area contributed by atoms with Gasteiger partial charge in [0.25, 0.3) is 5.91 Å². The van der Waals surface area contributed by atoms with Gasteiger partial charge >= 0.3 is 0 Å². The van der Waals surface area contributed by atoms with Crippen LogP contribution in [0.1, 0.15) is 11.1 Å². The molecule has 0 atom stereocenters. The van der Waals surface area contributed by atoms with E-state index in [0.29, 0.717) is 6.54 Å². The molecule has 2 aromatic carbocycles. The van der Waals surface area contributed by atoms with Gasteiger partial charge in [0.15, 0.2) is 0 Å². The Hall–Kier alpha value is -3.32. The van der Waals surface area contributed by atoms with E-state index in [1.807, 2.05) is 60.7 Å². The van der Waals surface area contributed by atoms with Crippen molar-refractivity contribution >= 4 is 22.9 Å². The molecule has 0 saturated heterocycles. The fourth-order valence-corrected chi connectivity index (χ4v) is 2.58. The van der Waals surface area contributed by atoms with E-state index in [1.54, 1.807) is 12.3 Å². The molecule has 0 unspecified atom stereocenters. The molecular formula is C20H17N3O. The topological polar surface area (TPSA) is 68.7 Å². The molecule has 1 aromatic heterocycles. The number of H-pyrrole nitrogens is 1. The molecule has 4 heteroatoms. The van der Waals surface area contributed by atoms with E-state index in [9.17, 15) is 10.1 Å². The highest BCUT2D eigenvalue weighted by Gasteiger charge is 2.10. The van der Waals surface area contributed by atoms with Crippen LogP contribution in [-0.4, -0.2) is 17.4 Å². The number of fused-ring (bicyclic) bond motifs is 1. The number of carbonyl (C=O) groups is 1. The lowest BCUT2D eigenvalue weighted by Crippen LogP contribution is -2.26. The lowest BCUT2D eigenvalue weighted by atomic mass is 10.1. The highest BCUT2D eigenvalue weighted by molar-refractivity contribution is 6.03. The molecule has 0 spiro atoms. The number of aromatic amines is 1. The molecule has 2 N–H and O–H groups in total. The Labute approximate surface area is 140 Å². The van der Waals surface area contributed by atoms with Gasteiger partial charge in [-0.2, -0.15) is 5.26 Å². The normalized spacial score (nSPS) is 11.2. The Balaban J connectivity index is 1.69. The molecule has 0 bridgehead atoms. The first kappa shape index (κ1) is 15.6. The predicted octanol–water partition coefficient (Wildman–Crippen LogP) is 3.43. The Kier molecular flexibility index (Phi) is 4.73. The molecular weight excluding hydrogens is 298 g/mol. The second-order valence-electron chi connectivity index (χ2n) is 5.45. The number of hydrogen-bond acceptors (Lipinski definition) is 2. The van der Waals surface area contributed by atoms with Crippen molar-refractivity contribution in [3.05, 3.63) is 77.5 Å². The van der Waals surface area contributed by atoms with E-state index in [4.69, 9.17) is 0 Å². The van der Waals surface area contributed by atoms with Crippen molar-refractivity contribution in [1.82, 2.24) is 10.3 Å². The van der Waals surface area contributed by atoms with E-state index in [-0.39, 0.29) is 11.5 Å². The molecule has 0 aliphatic heterocycles. The third kappa shape index (κ3) is 3.53. The highest BCUT2D eigenvalue weighted by Crippen LogP contribution is 2.20. The summed E-state index contributed by atoms with van der Waals surface area (Å²) >= 11 is 0. The number of amides is 1. The van der Waals surface area contributed by atoms with Crippen molar-refractivity contribution in [2.24, 2.45) is 0 Å². The smallest absolute Gasteiger partial charge is 0.261 e. The second kappa shape index (κ2) is 7.30. The fourth-order valence-electron chi connectivity index (χ4n) is 2.58. The quantitative estimate of drug-likeness (QED) is 0.559. The van der Waals surface area contributed by atoms with E-state index in [0.717, 1.165) is 28.5 Å². The van der Waals surface area contributed by atoms with Crippen LogP contribution in [0.15, 0.2) is 66.4 Å². The first-order chi connectivity index (χ1) is 11.8. The summed E-state index contributed by atoms with van der Waals surface area (Å²) in [6.07, 6.45) is 4.16. The summed E-state index contributed by atoms with van der Waals surface area (Å²) in [7, 11) is 0. The van der Waals surface area contributed by atoms with Crippen LogP contribution < -0.4 is 5.32 Å². The standard InChI is InChI=1S/C20H17N3O/c21-13-16(12-17-14-23-19-9-5-4-8-18(17)19)20(24)22-11-10-15-6-2-1-3-7-15/h1-9,12,14,23H,10-11H2,(H,22,24)/b16-12+. The maximum atomic E-state index is 12.2. The zero-order chi connectivity index (χ0) is 16.8. The molecule has 4 nitrogen and oxygen atoms in total. The van der Waals surface area contributed by atoms with E-state index in [2.05, 4.69) is 10.3 Å². The van der Waals surface area contributed by atoms with Gasteiger partial charge in [-0.3, -0.25) is 4.79 Å². The van der Waals surface area contributed by atoms with Crippen LogP contribution >= 0.6 is 0 Å². The Morgan fingerprint density at radius 3 is 2.67 bits per heavy atom. The van der Waals surface area contributed by atoms with E-state index in [1.165, 1.54) is 0 Å². The molecule has 24 heavy (non-hydrogen) atoms. The molecule has 1 heterocycles. The number of rotatable bonds is 5. The average molecular weight is 315 g/mol. The number of benzene rings is 2. The molecule has 3 rings (SSSR count). The van der Waals surface area contributed by atoms with Crippen molar-refractivity contribution in [2.75, 3.05) is 6.54 Å². The van der Waals surface area contributed by atoms with Crippen LogP contribution in [0.5, 0.6) is 0 Å². The number of nitriles is 1.